The summed E-state index contributed by atoms with van der Waals surface area (Å²) in [5.41, 5.74) is 1.24. The molecule has 2 unspecified atom stereocenters. The molecule has 3 nitrogen and oxygen atoms in total. The fourth-order valence-electron chi connectivity index (χ4n) is 2.18. The highest BCUT2D eigenvalue weighted by molar-refractivity contribution is 5.66. The van der Waals surface area contributed by atoms with E-state index >= 15 is 0 Å². The highest BCUT2D eigenvalue weighted by Crippen LogP contribution is 2.23. The second-order valence-electron chi connectivity index (χ2n) is 4.73. The van der Waals surface area contributed by atoms with E-state index in [9.17, 15) is 4.79 Å². The summed E-state index contributed by atoms with van der Waals surface area (Å²) in [6.07, 6.45) is 1.22. The minimum atomic E-state index is -0.733. The molecule has 0 bridgehead atoms. The summed E-state index contributed by atoms with van der Waals surface area (Å²) >= 11 is 0. The van der Waals surface area contributed by atoms with Gasteiger partial charge < -0.3 is 5.11 Å². The molecule has 100 valence electrons. The van der Waals surface area contributed by atoms with Crippen LogP contribution in [0.4, 0.5) is 0 Å². The van der Waals surface area contributed by atoms with Gasteiger partial charge in [0.25, 0.3) is 0 Å². The average molecular weight is 249 g/mol. The van der Waals surface area contributed by atoms with E-state index in [-0.39, 0.29) is 12.5 Å². The largest absolute Gasteiger partial charge is 0.481 e. The standard InChI is InChI=1S/C15H23NO2/c1-4-12(2)16(11-10-15(17)18)13(3)14-8-6-5-7-9-14/h5-9,12-13H,4,10-11H2,1-3H3,(H,17,18). The van der Waals surface area contributed by atoms with Gasteiger partial charge in [0.15, 0.2) is 0 Å². The fraction of sp³-hybridized carbons (Fsp3) is 0.533. The van der Waals surface area contributed by atoms with Crippen molar-refractivity contribution in [2.75, 3.05) is 6.54 Å². The monoisotopic (exact) mass is 249 g/mol. The Bertz CT molecular complexity index is 364. The van der Waals surface area contributed by atoms with Gasteiger partial charge in [-0.1, -0.05) is 37.3 Å². The number of hydrogen-bond donors (Lipinski definition) is 1. The molecule has 0 radical (unpaired) electrons. The number of hydrogen-bond acceptors (Lipinski definition) is 2. The van der Waals surface area contributed by atoms with Crippen LogP contribution in [0.25, 0.3) is 0 Å². The highest BCUT2D eigenvalue weighted by Gasteiger charge is 2.20. The van der Waals surface area contributed by atoms with Crippen LogP contribution in [0.5, 0.6) is 0 Å². The molecule has 0 saturated carbocycles. The molecule has 0 heterocycles. The molecule has 1 aromatic rings. The van der Waals surface area contributed by atoms with Gasteiger partial charge in [-0.25, -0.2) is 0 Å². The Hall–Kier alpha value is -1.35. The third-order valence-corrected chi connectivity index (χ3v) is 3.52. The van der Waals surface area contributed by atoms with Crippen LogP contribution < -0.4 is 0 Å². The first-order chi connectivity index (χ1) is 8.56. The maximum absolute atomic E-state index is 10.7. The van der Waals surface area contributed by atoms with Gasteiger partial charge in [-0.2, -0.15) is 0 Å². The number of nitrogens with zero attached hydrogens (tertiary/aromatic N) is 1. The third kappa shape index (κ3) is 4.15. The van der Waals surface area contributed by atoms with Gasteiger partial charge in [0.2, 0.25) is 0 Å². The van der Waals surface area contributed by atoms with Crippen molar-refractivity contribution in [1.29, 1.82) is 0 Å². The smallest absolute Gasteiger partial charge is 0.304 e. The van der Waals surface area contributed by atoms with E-state index in [1.807, 2.05) is 18.2 Å². The Morgan fingerprint density at radius 1 is 1.28 bits per heavy atom. The van der Waals surface area contributed by atoms with Gasteiger partial charge in [0.05, 0.1) is 6.42 Å². The van der Waals surface area contributed by atoms with Crippen molar-refractivity contribution in [3.8, 4) is 0 Å². The molecule has 0 saturated heterocycles. The summed E-state index contributed by atoms with van der Waals surface area (Å²) in [6, 6.07) is 10.9. The average Bonchev–Trinajstić information content (AvgIpc) is 2.39. The number of rotatable bonds is 7. The number of carboxylic acid groups (broad SMARTS) is 1. The Labute approximate surface area is 109 Å². The number of carbonyl (C=O) groups is 1. The maximum Gasteiger partial charge on any atom is 0.304 e. The first kappa shape index (κ1) is 14.7. The SMILES string of the molecule is CCC(C)N(CCC(=O)O)C(C)c1ccccc1. The van der Waals surface area contributed by atoms with Gasteiger partial charge in [-0.15, -0.1) is 0 Å². The van der Waals surface area contributed by atoms with Crippen molar-refractivity contribution in [2.24, 2.45) is 0 Å². The third-order valence-electron chi connectivity index (χ3n) is 3.52. The zero-order valence-electron chi connectivity index (χ0n) is 11.5. The Morgan fingerprint density at radius 2 is 1.89 bits per heavy atom. The Morgan fingerprint density at radius 3 is 2.39 bits per heavy atom. The first-order valence-electron chi connectivity index (χ1n) is 6.58. The molecule has 0 fully saturated rings. The van der Waals surface area contributed by atoms with Gasteiger partial charge in [-0.05, 0) is 25.8 Å². The van der Waals surface area contributed by atoms with Crippen LogP contribution in [0.1, 0.15) is 45.2 Å². The predicted molar refractivity (Wildman–Crippen MR) is 73.6 cm³/mol. The fourth-order valence-corrected chi connectivity index (χ4v) is 2.18. The molecule has 0 amide bonds. The topological polar surface area (TPSA) is 40.5 Å². The lowest BCUT2D eigenvalue weighted by Gasteiger charge is -2.34. The predicted octanol–water partition coefficient (Wildman–Crippen LogP) is 3.32. The van der Waals surface area contributed by atoms with Crippen LogP contribution in [-0.2, 0) is 4.79 Å². The minimum absolute atomic E-state index is 0.196. The van der Waals surface area contributed by atoms with E-state index in [1.165, 1.54) is 5.56 Å². The molecular formula is C15H23NO2. The molecule has 0 aliphatic rings. The molecular weight excluding hydrogens is 226 g/mol. The lowest BCUT2D eigenvalue weighted by molar-refractivity contribution is -0.137. The van der Waals surface area contributed by atoms with E-state index in [0.29, 0.717) is 12.6 Å². The van der Waals surface area contributed by atoms with Crippen molar-refractivity contribution < 1.29 is 9.90 Å². The molecule has 0 aliphatic heterocycles. The van der Waals surface area contributed by atoms with Gasteiger partial charge >= 0.3 is 5.97 Å². The van der Waals surface area contributed by atoms with Crippen LogP contribution in [0.15, 0.2) is 30.3 Å². The summed E-state index contributed by atoms with van der Waals surface area (Å²) in [5, 5.41) is 8.84. The molecule has 0 aliphatic carbocycles. The quantitative estimate of drug-likeness (QED) is 0.806. The molecule has 1 aromatic carbocycles. The van der Waals surface area contributed by atoms with Crippen molar-refractivity contribution in [3.63, 3.8) is 0 Å². The zero-order valence-corrected chi connectivity index (χ0v) is 11.5. The lowest BCUT2D eigenvalue weighted by atomic mass is 10.0. The summed E-state index contributed by atoms with van der Waals surface area (Å²) in [6.45, 7) is 7.03. The van der Waals surface area contributed by atoms with E-state index in [2.05, 4.69) is 37.8 Å². The van der Waals surface area contributed by atoms with E-state index < -0.39 is 5.97 Å². The number of carboxylic acids is 1. The molecule has 18 heavy (non-hydrogen) atoms. The van der Waals surface area contributed by atoms with Crippen LogP contribution in [-0.4, -0.2) is 28.6 Å². The highest BCUT2D eigenvalue weighted by atomic mass is 16.4. The van der Waals surface area contributed by atoms with Crippen molar-refractivity contribution >= 4 is 5.97 Å². The van der Waals surface area contributed by atoms with Crippen LogP contribution >= 0.6 is 0 Å². The van der Waals surface area contributed by atoms with Gasteiger partial charge in [-0.3, -0.25) is 9.69 Å². The normalized spacial score (nSPS) is 14.4. The van der Waals surface area contributed by atoms with E-state index in [0.717, 1.165) is 6.42 Å². The summed E-state index contributed by atoms with van der Waals surface area (Å²) in [5.74, 6) is -0.733. The zero-order chi connectivity index (χ0) is 13.5. The summed E-state index contributed by atoms with van der Waals surface area (Å²) in [4.78, 5) is 13.0. The van der Waals surface area contributed by atoms with Crippen LogP contribution in [0.3, 0.4) is 0 Å². The summed E-state index contributed by atoms with van der Waals surface area (Å²) < 4.78 is 0. The van der Waals surface area contributed by atoms with Gasteiger partial charge in [0.1, 0.15) is 0 Å². The first-order valence-corrected chi connectivity index (χ1v) is 6.58. The Balaban J connectivity index is 2.78. The van der Waals surface area contributed by atoms with E-state index in [4.69, 9.17) is 5.11 Å². The van der Waals surface area contributed by atoms with Crippen molar-refractivity contribution in [2.45, 2.75) is 45.7 Å². The number of aliphatic carboxylic acids is 1. The summed E-state index contributed by atoms with van der Waals surface area (Å²) in [7, 11) is 0. The lowest BCUT2D eigenvalue weighted by Crippen LogP contribution is -2.36. The molecule has 0 spiro atoms. The van der Waals surface area contributed by atoms with Gasteiger partial charge in [0, 0.05) is 18.6 Å². The molecule has 0 aromatic heterocycles. The van der Waals surface area contributed by atoms with E-state index in [1.54, 1.807) is 0 Å². The van der Waals surface area contributed by atoms with Crippen molar-refractivity contribution in [1.82, 2.24) is 4.90 Å². The molecule has 1 N–H and O–H groups in total. The Kier molecular flexibility index (Phi) is 5.86. The minimum Gasteiger partial charge on any atom is -0.481 e. The second-order valence-corrected chi connectivity index (χ2v) is 4.73. The maximum atomic E-state index is 10.7. The molecule has 3 heteroatoms. The molecule has 1 rings (SSSR count). The second kappa shape index (κ2) is 7.17. The van der Waals surface area contributed by atoms with Crippen LogP contribution in [0, 0.1) is 0 Å². The molecule has 2 atom stereocenters. The van der Waals surface area contributed by atoms with Crippen LogP contribution in [0.2, 0.25) is 0 Å². The number of benzene rings is 1. The van der Waals surface area contributed by atoms with Crippen molar-refractivity contribution in [3.05, 3.63) is 35.9 Å².